The minimum Gasteiger partial charge on any atom is -0.383 e. The zero-order valence-corrected chi connectivity index (χ0v) is 8.09. The van der Waals surface area contributed by atoms with E-state index in [1.807, 2.05) is 0 Å². The maximum Gasteiger partial charge on any atom is 0.356 e. The van der Waals surface area contributed by atoms with E-state index in [1.165, 1.54) is 18.6 Å². The lowest BCUT2D eigenvalue weighted by Crippen LogP contribution is -2.23. The van der Waals surface area contributed by atoms with Crippen molar-refractivity contribution in [3.8, 4) is 5.95 Å². The summed E-state index contributed by atoms with van der Waals surface area (Å²) in [7, 11) is 0. The fourth-order valence-corrected chi connectivity index (χ4v) is 1.07. The summed E-state index contributed by atoms with van der Waals surface area (Å²) in [6.07, 6.45) is 2.61. The summed E-state index contributed by atoms with van der Waals surface area (Å²) in [6, 6.07) is 1.46. The van der Waals surface area contributed by atoms with E-state index >= 15 is 0 Å². The predicted molar refractivity (Wildman–Crippen MR) is 52.6 cm³/mol. The molecule has 2 rings (SSSR count). The van der Waals surface area contributed by atoms with Crippen LogP contribution in [0.5, 0.6) is 0 Å². The number of anilines is 1. The van der Waals surface area contributed by atoms with Gasteiger partial charge in [0.05, 0.1) is 0 Å². The first kappa shape index (κ1) is 9.53. The zero-order valence-electron chi connectivity index (χ0n) is 7.33. The number of rotatable bonds is 1. The second-order valence-electron chi connectivity index (χ2n) is 2.56. The minimum atomic E-state index is -0.572. The van der Waals surface area contributed by atoms with Crippen molar-refractivity contribution in [2.45, 2.75) is 0 Å². The Hall–Kier alpha value is -2.02. The van der Waals surface area contributed by atoms with Crippen molar-refractivity contribution in [3.05, 3.63) is 34.4 Å². The van der Waals surface area contributed by atoms with Gasteiger partial charge in [0.25, 0.3) is 0 Å². The first-order chi connectivity index (χ1) is 7.16. The maximum absolute atomic E-state index is 11.4. The summed E-state index contributed by atoms with van der Waals surface area (Å²) in [6.45, 7) is 0. The van der Waals surface area contributed by atoms with Crippen LogP contribution in [0.1, 0.15) is 0 Å². The molecule has 76 valence electrons. The molecule has 0 aliphatic carbocycles. The van der Waals surface area contributed by atoms with Crippen LogP contribution < -0.4 is 11.4 Å². The molecule has 0 aliphatic heterocycles. The highest BCUT2D eigenvalue weighted by molar-refractivity contribution is 6.28. The van der Waals surface area contributed by atoms with Gasteiger partial charge >= 0.3 is 5.69 Å². The standard InChI is InChI=1S/C7H5ClN6O/c8-5-10-3-11-6(13-5)14-2-1-4(9)12-7(14)15/h1-3H,(H2,9,12,15). The molecular formula is C7H5ClN6O. The van der Waals surface area contributed by atoms with E-state index in [0.29, 0.717) is 0 Å². The first-order valence-electron chi connectivity index (χ1n) is 3.87. The van der Waals surface area contributed by atoms with Gasteiger partial charge < -0.3 is 5.73 Å². The van der Waals surface area contributed by atoms with Gasteiger partial charge in [-0.1, -0.05) is 0 Å². The summed E-state index contributed by atoms with van der Waals surface area (Å²) in [5.74, 6) is 0.240. The third kappa shape index (κ3) is 1.91. The van der Waals surface area contributed by atoms with Crippen molar-refractivity contribution in [2.24, 2.45) is 0 Å². The van der Waals surface area contributed by atoms with Crippen LogP contribution in [0.15, 0.2) is 23.4 Å². The molecule has 0 unspecified atom stereocenters. The second-order valence-corrected chi connectivity index (χ2v) is 2.90. The van der Waals surface area contributed by atoms with Gasteiger partial charge in [-0.2, -0.15) is 9.97 Å². The van der Waals surface area contributed by atoms with Gasteiger partial charge in [-0.3, -0.25) is 0 Å². The highest BCUT2D eigenvalue weighted by atomic mass is 35.5. The van der Waals surface area contributed by atoms with E-state index in [4.69, 9.17) is 17.3 Å². The van der Waals surface area contributed by atoms with E-state index in [1.54, 1.807) is 0 Å². The normalized spacial score (nSPS) is 10.2. The smallest absolute Gasteiger partial charge is 0.356 e. The van der Waals surface area contributed by atoms with Crippen molar-refractivity contribution in [1.82, 2.24) is 24.5 Å². The maximum atomic E-state index is 11.4. The Kier molecular flexibility index (Phi) is 2.30. The molecule has 15 heavy (non-hydrogen) atoms. The molecule has 2 aromatic heterocycles. The zero-order chi connectivity index (χ0) is 10.8. The molecule has 2 N–H and O–H groups in total. The molecule has 0 aliphatic rings. The third-order valence-electron chi connectivity index (χ3n) is 1.57. The molecule has 0 radical (unpaired) electrons. The topological polar surface area (TPSA) is 99.6 Å². The molecule has 2 aromatic rings. The van der Waals surface area contributed by atoms with Gasteiger partial charge in [-0.05, 0) is 17.7 Å². The van der Waals surface area contributed by atoms with Crippen LogP contribution in [0.3, 0.4) is 0 Å². The molecular weight excluding hydrogens is 220 g/mol. The van der Waals surface area contributed by atoms with Crippen LogP contribution in [0.2, 0.25) is 5.28 Å². The van der Waals surface area contributed by atoms with Crippen molar-refractivity contribution in [1.29, 1.82) is 0 Å². The molecule has 0 saturated heterocycles. The van der Waals surface area contributed by atoms with E-state index in [0.717, 1.165) is 4.57 Å². The molecule has 0 bridgehead atoms. The Bertz CT molecular complexity index is 553. The van der Waals surface area contributed by atoms with Gasteiger partial charge in [-0.15, -0.1) is 0 Å². The van der Waals surface area contributed by atoms with Gasteiger partial charge in [0.2, 0.25) is 11.2 Å². The third-order valence-corrected chi connectivity index (χ3v) is 1.75. The van der Waals surface area contributed by atoms with Crippen LogP contribution in [0.25, 0.3) is 5.95 Å². The Balaban J connectivity index is 2.59. The van der Waals surface area contributed by atoms with Crippen LogP contribution in [0, 0.1) is 0 Å². The number of nitrogens with zero attached hydrogens (tertiary/aromatic N) is 5. The van der Waals surface area contributed by atoms with Crippen LogP contribution >= 0.6 is 11.6 Å². The largest absolute Gasteiger partial charge is 0.383 e. The Morgan fingerprint density at radius 2 is 2.13 bits per heavy atom. The number of hydrogen-bond donors (Lipinski definition) is 1. The first-order valence-corrected chi connectivity index (χ1v) is 4.25. The molecule has 0 spiro atoms. The van der Waals surface area contributed by atoms with Crippen LogP contribution in [-0.2, 0) is 0 Å². The summed E-state index contributed by atoms with van der Waals surface area (Å²) in [5.41, 5.74) is 4.76. The highest BCUT2D eigenvalue weighted by Gasteiger charge is 2.04. The molecule has 0 amide bonds. The van der Waals surface area contributed by atoms with Gasteiger partial charge in [0, 0.05) is 6.20 Å². The Morgan fingerprint density at radius 3 is 2.80 bits per heavy atom. The minimum absolute atomic E-state index is 0.00345. The van der Waals surface area contributed by atoms with Gasteiger partial charge in [0.15, 0.2) is 0 Å². The SMILES string of the molecule is Nc1ccn(-c2ncnc(Cl)n2)c(=O)n1. The van der Waals surface area contributed by atoms with Crippen LogP contribution in [-0.4, -0.2) is 24.5 Å². The number of nitrogens with two attached hydrogens (primary N) is 1. The fraction of sp³-hybridized carbons (Fsp3) is 0. The highest BCUT2D eigenvalue weighted by Crippen LogP contribution is 2.01. The second kappa shape index (κ2) is 3.62. The molecule has 8 heteroatoms. The number of halogens is 1. The fourth-order valence-electron chi connectivity index (χ4n) is 0.953. The molecule has 0 fully saturated rings. The summed E-state index contributed by atoms with van der Waals surface area (Å²) >= 11 is 5.56. The lowest BCUT2D eigenvalue weighted by molar-refractivity contribution is 0.829. The van der Waals surface area contributed by atoms with E-state index < -0.39 is 5.69 Å². The van der Waals surface area contributed by atoms with Gasteiger partial charge in [0.1, 0.15) is 12.1 Å². The summed E-state index contributed by atoms with van der Waals surface area (Å²) in [4.78, 5) is 26.0. The van der Waals surface area contributed by atoms with Crippen LogP contribution in [0.4, 0.5) is 5.82 Å². The summed E-state index contributed by atoms with van der Waals surface area (Å²) < 4.78 is 1.12. The van der Waals surface area contributed by atoms with E-state index in [9.17, 15) is 4.79 Å². The van der Waals surface area contributed by atoms with Crippen molar-refractivity contribution in [3.63, 3.8) is 0 Å². The average Bonchev–Trinajstić information content (AvgIpc) is 2.17. The summed E-state index contributed by atoms with van der Waals surface area (Å²) in [5, 5.41) is 0.00345. The lowest BCUT2D eigenvalue weighted by Gasteiger charge is -2.01. The molecule has 0 aromatic carbocycles. The van der Waals surface area contributed by atoms with Crippen molar-refractivity contribution in [2.75, 3.05) is 5.73 Å². The molecule has 0 atom stereocenters. The van der Waals surface area contributed by atoms with E-state index in [-0.39, 0.29) is 17.0 Å². The van der Waals surface area contributed by atoms with Crippen molar-refractivity contribution >= 4 is 17.4 Å². The monoisotopic (exact) mass is 224 g/mol. The van der Waals surface area contributed by atoms with Gasteiger partial charge in [-0.25, -0.2) is 19.3 Å². The quantitative estimate of drug-likeness (QED) is 0.711. The average molecular weight is 225 g/mol. The number of hydrogen-bond acceptors (Lipinski definition) is 6. The van der Waals surface area contributed by atoms with E-state index in [2.05, 4.69) is 19.9 Å². The Labute approximate surface area is 88.6 Å². The molecule has 7 nitrogen and oxygen atoms in total. The number of nitrogen functional groups attached to an aromatic ring is 1. The Morgan fingerprint density at radius 1 is 1.33 bits per heavy atom. The lowest BCUT2D eigenvalue weighted by atomic mass is 10.6. The molecule has 0 saturated carbocycles. The molecule has 2 heterocycles. The predicted octanol–water partition coefficient (Wildman–Crippen LogP) is -0.347. The number of aromatic nitrogens is 5. The van der Waals surface area contributed by atoms with Crippen molar-refractivity contribution < 1.29 is 0 Å².